The number of carbonyl (C=O) groups is 1. The van der Waals surface area contributed by atoms with E-state index in [2.05, 4.69) is 10.5 Å². The molecule has 8 heteroatoms. The van der Waals surface area contributed by atoms with Crippen LogP contribution in [0.25, 0.3) is 0 Å². The monoisotopic (exact) mass is 316 g/mol. The maximum atomic E-state index is 12.1. The molecular weight excluding hydrogens is 300 g/mol. The summed E-state index contributed by atoms with van der Waals surface area (Å²) in [6.07, 6.45) is 1.34. The molecule has 0 saturated carbocycles. The Balaban J connectivity index is 2.26. The second-order valence-corrected chi connectivity index (χ2v) is 4.96. The summed E-state index contributed by atoms with van der Waals surface area (Å²) in [7, 11) is 2.98. The smallest absolute Gasteiger partial charge is 0.335 e. The molecule has 0 amide bonds. The van der Waals surface area contributed by atoms with Gasteiger partial charge in [0.2, 0.25) is 0 Å². The average Bonchev–Trinajstić information content (AvgIpc) is 2.54. The second kappa shape index (κ2) is 6.30. The summed E-state index contributed by atoms with van der Waals surface area (Å²) in [5.41, 5.74) is 3.42. The average molecular weight is 316 g/mol. The zero-order valence-electron chi connectivity index (χ0n) is 12.9. The molecule has 2 aromatic rings. The number of benzene rings is 1. The molecule has 0 unspecified atom stereocenters. The predicted molar refractivity (Wildman–Crippen MR) is 86.3 cm³/mol. The fraction of sp³-hybridized carbons (Fsp3) is 0.200. The first kappa shape index (κ1) is 16.2. The van der Waals surface area contributed by atoms with Gasteiger partial charge in [-0.05, 0) is 31.2 Å². The minimum atomic E-state index is -1.01. The molecule has 0 fully saturated rings. The number of aromatic carboxylic acids is 1. The molecule has 0 bridgehead atoms. The van der Waals surface area contributed by atoms with Crippen molar-refractivity contribution in [1.29, 1.82) is 0 Å². The van der Waals surface area contributed by atoms with Gasteiger partial charge in [0.25, 0.3) is 5.56 Å². The number of hydrazone groups is 1. The van der Waals surface area contributed by atoms with Crippen LogP contribution < -0.4 is 16.7 Å². The van der Waals surface area contributed by atoms with Crippen LogP contribution in [-0.2, 0) is 14.1 Å². The fourth-order valence-electron chi connectivity index (χ4n) is 1.98. The number of aromatic nitrogens is 2. The Morgan fingerprint density at radius 3 is 2.35 bits per heavy atom. The van der Waals surface area contributed by atoms with Crippen molar-refractivity contribution in [1.82, 2.24) is 9.13 Å². The van der Waals surface area contributed by atoms with Gasteiger partial charge in [0.1, 0.15) is 0 Å². The number of anilines is 1. The molecule has 0 aliphatic carbocycles. The van der Waals surface area contributed by atoms with Crippen molar-refractivity contribution in [2.24, 2.45) is 19.2 Å². The van der Waals surface area contributed by atoms with Crippen molar-refractivity contribution >= 4 is 17.9 Å². The molecule has 0 atom stereocenters. The summed E-state index contributed by atoms with van der Waals surface area (Å²) in [5, 5.41) is 12.8. The van der Waals surface area contributed by atoms with Gasteiger partial charge in [-0.1, -0.05) is 0 Å². The van der Waals surface area contributed by atoms with Gasteiger partial charge < -0.3 is 9.67 Å². The molecule has 1 aromatic carbocycles. The minimum absolute atomic E-state index is 0.169. The van der Waals surface area contributed by atoms with Crippen molar-refractivity contribution in [2.75, 3.05) is 5.43 Å². The summed E-state index contributed by atoms with van der Waals surface area (Å²) < 4.78 is 2.38. The van der Waals surface area contributed by atoms with Gasteiger partial charge in [-0.15, -0.1) is 0 Å². The number of carboxylic acids is 1. The SMILES string of the molecule is Cc1c(/C=N\Nc2ccc(C(=O)O)cc2)c(=O)n(C)c(=O)n1C. The minimum Gasteiger partial charge on any atom is -0.478 e. The third-order valence-corrected chi connectivity index (χ3v) is 3.52. The van der Waals surface area contributed by atoms with Gasteiger partial charge in [0.15, 0.2) is 0 Å². The van der Waals surface area contributed by atoms with Crippen LogP contribution in [0.3, 0.4) is 0 Å². The summed E-state index contributed by atoms with van der Waals surface area (Å²) in [4.78, 5) is 34.6. The molecule has 0 aliphatic heterocycles. The topological polar surface area (TPSA) is 106 Å². The first-order valence-electron chi connectivity index (χ1n) is 6.72. The molecule has 0 spiro atoms. The molecule has 8 nitrogen and oxygen atoms in total. The lowest BCUT2D eigenvalue weighted by atomic mass is 10.2. The highest BCUT2D eigenvalue weighted by molar-refractivity contribution is 5.88. The van der Waals surface area contributed by atoms with E-state index < -0.39 is 17.2 Å². The number of rotatable bonds is 4. The molecule has 2 N–H and O–H groups in total. The zero-order valence-corrected chi connectivity index (χ0v) is 12.9. The Morgan fingerprint density at radius 1 is 1.17 bits per heavy atom. The Hall–Kier alpha value is -3.16. The quantitative estimate of drug-likeness (QED) is 0.632. The van der Waals surface area contributed by atoms with E-state index in [1.54, 1.807) is 26.1 Å². The number of hydrogen-bond acceptors (Lipinski definition) is 5. The van der Waals surface area contributed by atoms with E-state index in [1.807, 2.05) is 0 Å². The Kier molecular flexibility index (Phi) is 4.44. The first-order valence-corrected chi connectivity index (χ1v) is 6.72. The number of nitrogens with zero attached hydrogens (tertiary/aromatic N) is 3. The largest absolute Gasteiger partial charge is 0.478 e. The van der Waals surface area contributed by atoms with Crippen molar-refractivity contribution in [3.63, 3.8) is 0 Å². The van der Waals surface area contributed by atoms with Crippen molar-refractivity contribution in [2.45, 2.75) is 6.92 Å². The zero-order chi connectivity index (χ0) is 17.1. The second-order valence-electron chi connectivity index (χ2n) is 4.96. The van der Waals surface area contributed by atoms with E-state index in [4.69, 9.17) is 5.11 Å². The lowest BCUT2D eigenvalue weighted by molar-refractivity contribution is 0.0697. The standard InChI is InChI=1S/C15H16N4O4/c1-9-12(13(20)19(3)15(23)18(9)2)8-16-17-11-6-4-10(5-7-11)14(21)22/h4-8,17H,1-3H3,(H,21,22)/b16-8-. The van der Waals surface area contributed by atoms with Crippen LogP contribution in [0, 0.1) is 6.92 Å². The van der Waals surface area contributed by atoms with Crippen LogP contribution in [0.5, 0.6) is 0 Å². The molecule has 2 rings (SSSR count). The van der Waals surface area contributed by atoms with Crippen LogP contribution in [0.1, 0.15) is 21.6 Å². The van der Waals surface area contributed by atoms with E-state index in [0.29, 0.717) is 16.9 Å². The van der Waals surface area contributed by atoms with Crippen LogP contribution in [0.15, 0.2) is 39.0 Å². The Morgan fingerprint density at radius 2 is 1.78 bits per heavy atom. The van der Waals surface area contributed by atoms with Crippen molar-refractivity contribution in [3.05, 3.63) is 61.9 Å². The third-order valence-electron chi connectivity index (χ3n) is 3.52. The highest BCUT2D eigenvalue weighted by Crippen LogP contribution is 2.09. The van der Waals surface area contributed by atoms with Crippen LogP contribution in [-0.4, -0.2) is 26.4 Å². The summed E-state index contributed by atoms with van der Waals surface area (Å²) in [6, 6.07) is 6.01. The normalized spacial score (nSPS) is 10.9. The Bertz CT molecular complexity index is 891. The van der Waals surface area contributed by atoms with Crippen molar-refractivity contribution < 1.29 is 9.90 Å². The van der Waals surface area contributed by atoms with Gasteiger partial charge in [-0.2, -0.15) is 5.10 Å². The van der Waals surface area contributed by atoms with E-state index in [1.165, 1.54) is 30.0 Å². The van der Waals surface area contributed by atoms with Gasteiger partial charge in [0.05, 0.1) is 23.0 Å². The number of hydrogen-bond donors (Lipinski definition) is 2. The van der Waals surface area contributed by atoms with E-state index >= 15 is 0 Å². The fourth-order valence-corrected chi connectivity index (χ4v) is 1.98. The lowest BCUT2D eigenvalue weighted by Crippen LogP contribution is -2.40. The summed E-state index contributed by atoms with van der Waals surface area (Å²) in [6.45, 7) is 1.66. The van der Waals surface area contributed by atoms with E-state index in [9.17, 15) is 14.4 Å². The van der Waals surface area contributed by atoms with Gasteiger partial charge >= 0.3 is 11.7 Å². The highest BCUT2D eigenvalue weighted by Gasteiger charge is 2.10. The highest BCUT2D eigenvalue weighted by atomic mass is 16.4. The van der Waals surface area contributed by atoms with Crippen molar-refractivity contribution in [3.8, 4) is 0 Å². The number of carboxylic acid groups (broad SMARTS) is 1. The maximum absolute atomic E-state index is 12.1. The molecule has 0 aliphatic rings. The lowest BCUT2D eigenvalue weighted by Gasteiger charge is -2.08. The molecule has 0 radical (unpaired) electrons. The molecule has 23 heavy (non-hydrogen) atoms. The first-order chi connectivity index (χ1) is 10.8. The number of nitrogens with one attached hydrogen (secondary N) is 1. The van der Waals surface area contributed by atoms with Crippen LogP contribution >= 0.6 is 0 Å². The van der Waals surface area contributed by atoms with Gasteiger partial charge in [-0.3, -0.25) is 14.8 Å². The van der Waals surface area contributed by atoms with Crippen LogP contribution in [0.2, 0.25) is 0 Å². The molecule has 1 heterocycles. The van der Waals surface area contributed by atoms with E-state index in [0.717, 1.165) is 4.57 Å². The molecule has 0 saturated heterocycles. The maximum Gasteiger partial charge on any atom is 0.335 e. The van der Waals surface area contributed by atoms with Crippen LogP contribution in [0.4, 0.5) is 5.69 Å². The van der Waals surface area contributed by atoms with Gasteiger partial charge in [-0.25, -0.2) is 9.59 Å². The predicted octanol–water partition coefficient (Wildman–Crippen LogP) is 0.537. The van der Waals surface area contributed by atoms with Gasteiger partial charge in [0, 0.05) is 19.8 Å². The third kappa shape index (κ3) is 3.20. The Labute approximate surface area is 131 Å². The summed E-state index contributed by atoms with van der Waals surface area (Å²) >= 11 is 0. The molecule has 120 valence electrons. The summed E-state index contributed by atoms with van der Waals surface area (Å²) in [5.74, 6) is -1.01. The molecular formula is C15H16N4O4. The molecule has 1 aromatic heterocycles. The van der Waals surface area contributed by atoms with E-state index in [-0.39, 0.29) is 5.56 Å².